The average molecular weight is 430 g/mol. The van der Waals surface area contributed by atoms with Crippen LogP contribution in [0.4, 0.5) is 11.8 Å². The minimum atomic E-state index is -0.113. The van der Waals surface area contributed by atoms with Crippen molar-refractivity contribution in [2.75, 3.05) is 42.9 Å². The van der Waals surface area contributed by atoms with Gasteiger partial charge in [-0.25, -0.2) is 9.97 Å². The molecule has 2 aromatic heterocycles. The third-order valence-corrected chi connectivity index (χ3v) is 5.96. The summed E-state index contributed by atoms with van der Waals surface area (Å²) in [6.45, 7) is 7.82. The fourth-order valence-corrected chi connectivity index (χ4v) is 4.03. The largest absolute Gasteiger partial charge is 0.338 e. The molecule has 0 spiro atoms. The van der Waals surface area contributed by atoms with Crippen molar-refractivity contribution in [1.82, 2.24) is 19.4 Å². The first-order chi connectivity index (χ1) is 15.6. The molecule has 1 aliphatic heterocycles. The maximum atomic E-state index is 12.9. The van der Waals surface area contributed by atoms with Gasteiger partial charge in [0, 0.05) is 50.8 Å². The van der Waals surface area contributed by atoms with E-state index in [0.29, 0.717) is 17.9 Å². The van der Waals surface area contributed by atoms with E-state index in [-0.39, 0.29) is 12.5 Å². The van der Waals surface area contributed by atoms with Crippen LogP contribution < -0.4 is 10.2 Å². The second kappa shape index (κ2) is 9.62. The number of hydrogen-bond acceptors (Lipinski definition) is 6. The molecule has 0 aliphatic carbocycles. The molecule has 8 heteroatoms. The van der Waals surface area contributed by atoms with Gasteiger partial charge in [0.15, 0.2) is 0 Å². The third-order valence-electron chi connectivity index (χ3n) is 5.96. The Balaban J connectivity index is 1.43. The molecule has 0 bridgehead atoms. The van der Waals surface area contributed by atoms with Crippen molar-refractivity contribution >= 4 is 17.7 Å². The SMILES string of the molecule is Cc1c(C#N)c(NC(=O)CN2CCN(c3ncccn3)CC2)n(Cc2ccccc2)c1C. The smallest absolute Gasteiger partial charge is 0.239 e. The number of anilines is 2. The second-order valence-corrected chi connectivity index (χ2v) is 7.98. The van der Waals surface area contributed by atoms with E-state index in [1.807, 2.05) is 48.7 Å². The summed E-state index contributed by atoms with van der Waals surface area (Å²) in [6.07, 6.45) is 3.48. The molecule has 1 amide bonds. The zero-order chi connectivity index (χ0) is 22.5. The predicted molar refractivity (Wildman–Crippen MR) is 123 cm³/mol. The molecule has 3 aromatic rings. The molecule has 8 nitrogen and oxygen atoms in total. The van der Waals surface area contributed by atoms with Crippen molar-refractivity contribution in [2.45, 2.75) is 20.4 Å². The Morgan fingerprint density at radius 3 is 2.41 bits per heavy atom. The summed E-state index contributed by atoms with van der Waals surface area (Å²) >= 11 is 0. The molecule has 1 aromatic carbocycles. The minimum Gasteiger partial charge on any atom is -0.338 e. The van der Waals surface area contributed by atoms with E-state index in [2.05, 4.69) is 31.2 Å². The Bertz CT molecular complexity index is 1110. The van der Waals surface area contributed by atoms with Crippen LogP contribution in [0.3, 0.4) is 0 Å². The number of nitrogens with one attached hydrogen (secondary N) is 1. The topological polar surface area (TPSA) is 90.1 Å². The highest BCUT2D eigenvalue weighted by molar-refractivity contribution is 5.93. The van der Waals surface area contributed by atoms with Crippen LogP contribution in [0.2, 0.25) is 0 Å². The van der Waals surface area contributed by atoms with Crippen molar-refractivity contribution in [1.29, 1.82) is 5.26 Å². The quantitative estimate of drug-likeness (QED) is 0.648. The van der Waals surface area contributed by atoms with Crippen LogP contribution >= 0.6 is 0 Å². The molecule has 1 fully saturated rings. The van der Waals surface area contributed by atoms with Gasteiger partial charge in [-0.05, 0) is 31.0 Å². The summed E-state index contributed by atoms with van der Waals surface area (Å²) in [7, 11) is 0. The van der Waals surface area contributed by atoms with Gasteiger partial charge in [0.2, 0.25) is 11.9 Å². The van der Waals surface area contributed by atoms with Crippen molar-refractivity contribution in [2.24, 2.45) is 0 Å². The van der Waals surface area contributed by atoms with Gasteiger partial charge in [0.1, 0.15) is 11.9 Å². The van der Waals surface area contributed by atoms with Gasteiger partial charge < -0.3 is 14.8 Å². The Morgan fingerprint density at radius 2 is 1.75 bits per heavy atom. The zero-order valence-corrected chi connectivity index (χ0v) is 18.5. The monoisotopic (exact) mass is 429 g/mol. The van der Waals surface area contributed by atoms with Crippen molar-refractivity contribution < 1.29 is 4.79 Å². The molecule has 1 saturated heterocycles. The average Bonchev–Trinajstić information content (AvgIpc) is 3.04. The number of rotatable bonds is 6. The lowest BCUT2D eigenvalue weighted by Gasteiger charge is -2.34. The third kappa shape index (κ3) is 4.63. The lowest BCUT2D eigenvalue weighted by molar-refractivity contribution is -0.117. The van der Waals surface area contributed by atoms with Crippen LogP contribution in [0, 0.1) is 25.2 Å². The highest BCUT2D eigenvalue weighted by Crippen LogP contribution is 2.27. The summed E-state index contributed by atoms with van der Waals surface area (Å²) in [5.41, 5.74) is 3.52. The summed E-state index contributed by atoms with van der Waals surface area (Å²) in [6, 6.07) is 14.1. The lowest BCUT2D eigenvalue weighted by atomic mass is 10.2. The number of amides is 1. The summed E-state index contributed by atoms with van der Waals surface area (Å²) in [4.78, 5) is 25.8. The summed E-state index contributed by atoms with van der Waals surface area (Å²) in [5.74, 6) is 1.19. The number of aromatic nitrogens is 3. The molecular formula is C24H27N7O. The van der Waals surface area contributed by atoms with E-state index >= 15 is 0 Å². The molecule has 4 rings (SSSR count). The first kappa shape index (κ1) is 21.5. The molecule has 0 radical (unpaired) electrons. The van der Waals surface area contributed by atoms with Gasteiger partial charge in [-0.3, -0.25) is 9.69 Å². The minimum absolute atomic E-state index is 0.113. The van der Waals surface area contributed by atoms with E-state index in [1.165, 1.54) is 0 Å². The summed E-state index contributed by atoms with van der Waals surface area (Å²) < 4.78 is 2.02. The Kier molecular flexibility index (Phi) is 6.47. The molecule has 0 atom stereocenters. The molecule has 3 heterocycles. The van der Waals surface area contributed by atoms with Gasteiger partial charge in [0.05, 0.1) is 12.1 Å². The highest BCUT2D eigenvalue weighted by Gasteiger charge is 2.23. The van der Waals surface area contributed by atoms with Crippen LogP contribution in [0.1, 0.15) is 22.4 Å². The number of carbonyl (C=O) groups is 1. The van der Waals surface area contributed by atoms with Crippen molar-refractivity contribution in [3.8, 4) is 6.07 Å². The number of hydrogen-bond donors (Lipinski definition) is 1. The van der Waals surface area contributed by atoms with Crippen LogP contribution in [-0.4, -0.2) is 58.1 Å². The van der Waals surface area contributed by atoms with E-state index in [1.54, 1.807) is 18.5 Å². The molecule has 164 valence electrons. The number of carbonyl (C=O) groups excluding carboxylic acids is 1. The molecule has 0 unspecified atom stereocenters. The van der Waals surface area contributed by atoms with Gasteiger partial charge in [0.25, 0.3) is 0 Å². The fourth-order valence-electron chi connectivity index (χ4n) is 4.03. The van der Waals surface area contributed by atoms with E-state index < -0.39 is 0 Å². The predicted octanol–water partition coefficient (Wildman–Crippen LogP) is 2.58. The lowest BCUT2D eigenvalue weighted by Crippen LogP contribution is -2.49. The van der Waals surface area contributed by atoms with Crippen LogP contribution in [0.5, 0.6) is 0 Å². The maximum absolute atomic E-state index is 12.9. The maximum Gasteiger partial charge on any atom is 0.239 e. The van der Waals surface area contributed by atoms with Crippen molar-refractivity contribution in [3.05, 3.63) is 71.2 Å². The van der Waals surface area contributed by atoms with Gasteiger partial charge in [-0.1, -0.05) is 30.3 Å². The molecule has 0 saturated carbocycles. The normalized spacial score (nSPS) is 14.2. The van der Waals surface area contributed by atoms with Crippen molar-refractivity contribution in [3.63, 3.8) is 0 Å². The Labute approximate surface area is 188 Å². The molecular weight excluding hydrogens is 402 g/mol. The molecule has 1 N–H and O–H groups in total. The number of benzene rings is 1. The van der Waals surface area contributed by atoms with Crippen LogP contribution in [0.25, 0.3) is 0 Å². The van der Waals surface area contributed by atoms with Gasteiger partial charge >= 0.3 is 0 Å². The van der Waals surface area contributed by atoms with Crippen LogP contribution in [-0.2, 0) is 11.3 Å². The Hall–Kier alpha value is -3.70. The van der Waals surface area contributed by atoms with Crippen LogP contribution in [0.15, 0.2) is 48.8 Å². The first-order valence-electron chi connectivity index (χ1n) is 10.7. The molecule has 32 heavy (non-hydrogen) atoms. The van der Waals surface area contributed by atoms with E-state index in [9.17, 15) is 10.1 Å². The number of piperazine rings is 1. The van der Waals surface area contributed by atoms with Gasteiger partial charge in [-0.15, -0.1) is 0 Å². The first-order valence-corrected chi connectivity index (χ1v) is 10.7. The molecule has 1 aliphatic rings. The summed E-state index contributed by atoms with van der Waals surface area (Å²) in [5, 5.41) is 12.8. The van der Waals surface area contributed by atoms with E-state index in [4.69, 9.17) is 0 Å². The van der Waals surface area contributed by atoms with E-state index in [0.717, 1.165) is 48.9 Å². The van der Waals surface area contributed by atoms with Gasteiger partial charge in [-0.2, -0.15) is 5.26 Å². The number of nitrogens with zero attached hydrogens (tertiary/aromatic N) is 6. The highest BCUT2D eigenvalue weighted by atomic mass is 16.2. The second-order valence-electron chi connectivity index (χ2n) is 7.98. The number of nitriles is 1. The standard InChI is InChI=1S/C24H27N7O/c1-18-19(2)31(16-20-7-4-3-5-8-20)23(21(18)15-25)28-22(32)17-29-11-13-30(14-12-29)24-26-9-6-10-27-24/h3-10H,11-14,16-17H2,1-2H3,(H,28,32). The Morgan fingerprint density at radius 1 is 1.06 bits per heavy atom. The zero-order valence-electron chi connectivity index (χ0n) is 18.5. The fraction of sp³-hybridized carbons (Fsp3) is 0.333.